The Morgan fingerprint density at radius 2 is 2.09 bits per heavy atom. The van der Waals surface area contributed by atoms with Gasteiger partial charge in [0, 0.05) is 18.7 Å². The van der Waals surface area contributed by atoms with Gasteiger partial charge >= 0.3 is 0 Å². The Kier molecular flexibility index (Phi) is 5.35. The summed E-state index contributed by atoms with van der Waals surface area (Å²) >= 11 is 6.37. The Hall–Kier alpha value is -2.11. The van der Waals surface area contributed by atoms with Crippen LogP contribution in [0.2, 0.25) is 5.15 Å². The van der Waals surface area contributed by atoms with E-state index in [4.69, 9.17) is 16.4 Å². The number of aryl methyl sites for hydroxylation is 1. The van der Waals surface area contributed by atoms with E-state index in [1.165, 1.54) is 13.2 Å². The summed E-state index contributed by atoms with van der Waals surface area (Å²) < 4.78 is 1.72. The Morgan fingerprint density at radius 1 is 1.41 bits per heavy atom. The number of benzene rings is 1. The lowest BCUT2D eigenvalue weighted by molar-refractivity contribution is -0.162. The molecule has 0 aliphatic carbocycles. The van der Waals surface area contributed by atoms with Crippen molar-refractivity contribution >= 4 is 23.6 Å². The zero-order valence-electron chi connectivity index (χ0n) is 12.8. The van der Waals surface area contributed by atoms with Crippen molar-refractivity contribution in [3.63, 3.8) is 0 Å². The van der Waals surface area contributed by atoms with Gasteiger partial charge in [0.05, 0.1) is 19.3 Å². The smallest absolute Gasteiger partial charge is 0.269 e. The molecule has 0 saturated heterocycles. The van der Waals surface area contributed by atoms with E-state index in [2.05, 4.69) is 5.10 Å². The van der Waals surface area contributed by atoms with Gasteiger partial charge in [0.15, 0.2) is 0 Å². The molecule has 22 heavy (non-hydrogen) atoms. The molecule has 1 aromatic heterocycles. The van der Waals surface area contributed by atoms with Crippen LogP contribution in [0.1, 0.15) is 16.8 Å². The quantitative estimate of drug-likeness (QED) is 0.629. The van der Waals surface area contributed by atoms with Crippen molar-refractivity contribution in [3.8, 4) is 0 Å². The van der Waals surface area contributed by atoms with Crippen molar-refractivity contribution in [3.05, 3.63) is 58.4 Å². The summed E-state index contributed by atoms with van der Waals surface area (Å²) in [4.78, 5) is 16.5. The minimum Gasteiger partial charge on any atom is -0.274 e. The standard InChI is InChI=1S/C16H18ClN3O2/c1-12-14(9-10-15(21)19(2)22-3)16(17)20(18-12)11-13-7-5-4-6-8-13/h4-10H,11H2,1-3H3/b10-9+. The first-order chi connectivity index (χ1) is 10.5. The van der Waals surface area contributed by atoms with Crippen LogP contribution < -0.4 is 0 Å². The summed E-state index contributed by atoms with van der Waals surface area (Å²) in [5.41, 5.74) is 2.61. The second-order valence-electron chi connectivity index (χ2n) is 4.78. The summed E-state index contributed by atoms with van der Waals surface area (Å²) in [5.74, 6) is -0.270. The van der Waals surface area contributed by atoms with Crippen LogP contribution in [0, 0.1) is 6.92 Å². The molecule has 0 atom stereocenters. The molecule has 0 unspecified atom stereocenters. The second kappa shape index (κ2) is 7.24. The average Bonchev–Trinajstić information content (AvgIpc) is 2.79. The molecule has 0 aliphatic heterocycles. The van der Waals surface area contributed by atoms with Crippen LogP contribution >= 0.6 is 11.6 Å². The van der Waals surface area contributed by atoms with Crippen molar-refractivity contribution in [2.24, 2.45) is 0 Å². The maximum absolute atomic E-state index is 11.7. The highest BCUT2D eigenvalue weighted by Gasteiger charge is 2.12. The number of rotatable bonds is 5. The Labute approximate surface area is 134 Å². The van der Waals surface area contributed by atoms with Crippen LogP contribution in [0.5, 0.6) is 0 Å². The summed E-state index contributed by atoms with van der Waals surface area (Å²) in [6.07, 6.45) is 3.07. The fourth-order valence-corrected chi connectivity index (χ4v) is 2.26. The predicted molar refractivity (Wildman–Crippen MR) is 86.3 cm³/mol. The summed E-state index contributed by atoms with van der Waals surface area (Å²) in [7, 11) is 2.97. The molecule has 0 radical (unpaired) electrons. The van der Waals surface area contributed by atoms with Crippen LogP contribution in [0.4, 0.5) is 0 Å². The SMILES string of the molecule is CON(C)C(=O)/C=C/c1c(C)nn(Cc2ccccc2)c1Cl. The largest absolute Gasteiger partial charge is 0.274 e. The minimum atomic E-state index is -0.270. The molecule has 0 spiro atoms. The lowest BCUT2D eigenvalue weighted by atomic mass is 10.2. The first-order valence-corrected chi connectivity index (χ1v) is 7.17. The van der Waals surface area contributed by atoms with Crippen molar-refractivity contribution in [2.75, 3.05) is 14.2 Å². The molecule has 0 N–H and O–H groups in total. The van der Waals surface area contributed by atoms with Crippen molar-refractivity contribution in [1.29, 1.82) is 0 Å². The van der Waals surface area contributed by atoms with Crippen LogP contribution in [-0.4, -0.2) is 34.9 Å². The molecule has 116 valence electrons. The van der Waals surface area contributed by atoms with Gasteiger partial charge in [-0.25, -0.2) is 9.75 Å². The number of nitrogens with zero attached hydrogens (tertiary/aromatic N) is 3. The van der Waals surface area contributed by atoms with Gasteiger partial charge in [0.2, 0.25) is 0 Å². The molecule has 5 nitrogen and oxygen atoms in total. The maximum atomic E-state index is 11.7. The minimum absolute atomic E-state index is 0.270. The number of amides is 1. The van der Waals surface area contributed by atoms with Gasteiger partial charge in [0.25, 0.3) is 5.91 Å². The van der Waals surface area contributed by atoms with Crippen LogP contribution in [-0.2, 0) is 16.2 Å². The van der Waals surface area contributed by atoms with Gasteiger partial charge in [-0.05, 0) is 18.6 Å². The number of likely N-dealkylation sites (N-methyl/N-ethyl adjacent to an activating group) is 1. The first kappa shape index (κ1) is 16.3. The van der Waals surface area contributed by atoms with Gasteiger partial charge in [-0.2, -0.15) is 5.10 Å². The van der Waals surface area contributed by atoms with Gasteiger partial charge in [-0.15, -0.1) is 0 Å². The lowest BCUT2D eigenvalue weighted by Crippen LogP contribution is -2.22. The van der Waals surface area contributed by atoms with Crippen LogP contribution in [0.15, 0.2) is 36.4 Å². The monoisotopic (exact) mass is 319 g/mol. The average molecular weight is 320 g/mol. The van der Waals surface area contributed by atoms with Crippen molar-refractivity contribution in [2.45, 2.75) is 13.5 Å². The molecule has 1 aromatic carbocycles. The molecular weight excluding hydrogens is 302 g/mol. The zero-order valence-corrected chi connectivity index (χ0v) is 13.5. The Morgan fingerprint density at radius 3 is 2.73 bits per heavy atom. The van der Waals surface area contributed by atoms with E-state index in [-0.39, 0.29) is 5.91 Å². The number of aromatic nitrogens is 2. The van der Waals surface area contributed by atoms with E-state index >= 15 is 0 Å². The number of carbonyl (C=O) groups is 1. The van der Waals surface area contributed by atoms with Gasteiger partial charge in [0.1, 0.15) is 5.15 Å². The first-order valence-electron chi connectivity index (χ1n) is 6.79. The summed E-state index contributed by atoms with van der Waals surface area (Å²) in [6.45, 7) is 2.44. The molecule has 1 amide bonds. The topological polar surface area (TPSA) is 47.4 Å². The van der Waals surface area contributed by atoms with Crippen molar-refractivity contribution < 1.29 is 9.63 Å². The third-order valence-electron chi connectivity index (χ3n) is 3.26. The van der Waals surface area contributed by atoms with E-state index < -0.39 is 0 Å². The lowest BCUT2D eigenvalue weighted by Gasteiger charge is -2.09. The number of carbonyl (C=O) groups excluding carboxylic acids is 1. The molecule has 1 heterocycles. The zero-order chi connectivity index (χ0) is 16.1. The van der Waals surface area contributed by atoms with E-state index in [1.807, 2.05) is 37.3 Å². The third kappa shape index (κ3) is 3.75. The van der Waals surface area contributed by atoms with Crippen LogP contribution in [0.3, 0.4) is 0 Å². The second-order valence-corrected chi connectivity index (χ2v) is 5.14. The molecule has 0 bridgehead atoms. The highest BCUT2D eigenvalue weighted by atomic mass is 35.5. The maximum Gasteiger partial charge on any atom is 0.269 e. The van der Waals surface area contributed by atoms with Gasteiger partial charge in [-0.3, -0.25) is 9.63 Å². The molecule has 6 heteroatoms. The van der Waals surface area contributed by atoms with Crippen molar-refractivity contribution in [1.82, 2.24) is 14.8 Å². The number of hydroxylamine groups is 2. The predicted octanol–water partition coefficient (Wildman–Crippen LogP) is 2.93. The Balaban J connectivity index is 2.20. The summed E-state index contributed by atoms with van der Waals surface area (Å²) in [5, 5.41) is 6.06. The Bertz CT molecular complexity index is 680. The third-order valence-corrected chi connectivity index (χ3v) is 3.66. The van der Waals surface area contributed by atoms with Gasteiger partial charge in [-0.1, -0.05) is 41.9 Å². The van der Waals surface area contributed by atoms with Gasteiger partial charge < -0.3 is 0 Å². The number of halogens is 1. The molecule has 0 aliphatic rings. The van der Waals surface area contributed by atoms with E-state index in [9.17, 15) is 4.79 Å². The fraction of sp³-hybridized carbons (Fsp3) is 0.250. The molecule has 2 aromatic rings. The number of hydrogen-bond acceptors (Lipinski definition) is 3. The fourth-order valence-electron chi connectivity index (χ4n) is 1.97. The highest BCUT2D eigenvalue weighted by molar-refractivity contribution is 6.31. The van der Waals surface area contributed by atoms with E-state index in [1.54, 1.807) is 17.8 Å². The highest BCUT2D eigenvalue weighted by Crippen LogP contribution is 2.22. The molecular formula is C16H18ClN3O2. The van der Waals surface area contributed by atoms with E-state index in [0.29, 0.717) is 11.7 Å². The van der Waals surface area contributed by atoms with Crippen LogP contribution in [0.25, 0.3) is 6.08 Å². The summed E-state index contributed by atoms with van der Waals surface area (Å²) in [6, 6.07) is 9.94. The molecule has 0 saturated carbocycles. The number of hydrogen-bond donors (Lipinski definition) is 0. The molecule has 0 fully saturated rings. The normalized spacial score (nSPS) is 11.1. The van der Waals surface area contributed by atoms with E-state index in [0.717, 1.165) is 21.9 Å². The molecule has 2 rings (SSSR count).